The summed E-state index contributed by atoms with van der Waals surface area (Å²) in [4.78, 5) is 20.1. The largest absolute Gasteiger partial charge is 0.349 e. The summed E-state index contributed by atoms with van der Waals surface area (Å²) < 4.78 is 2.36. The van der Waals surface area contributed by atoms with Gasteiger partial charge >= 0.3 is 0 Å². The zero-order chi connectivity index (χ0) is 20.9. The van der Waals surface area contributed by atoms with Gasteiger partial charge in [0.15, 0.2) is 0 Å². The minimum absolute atomic E-state index is 0.0370. The molecule has 0 saturated carbocycles. The van der Waals surface area contributed by atoms with Crippen molar-refractivity contribution in [1.29, 1.82) is 0 Å². The Bertz CT molecular complexity index is 973. The number of carbonyl (C=O) groups is 1. The van der Waals surface area contributed by atoms with Crippen molar-refractivity contribution in [3.63, 3.8) is 0 Å². The number of hydrogen-bond acceptors (Lipinski definition) is 3. The second kappa shape index (κ2) is 9.33. The molecule has 1 aliphatic rings. The topological polar surface area (TPSA) is 50.2 Å². The first-order valence-electron chi connectivity index (χ1n) is 11.2. The van der Waals surface area contributed by atoms with Gasteiger partial charge in [0.25, 0.3) is 0 Å². The average molecular weight is 405 g/mol. The van der Waals surface area contributed by atoms with Crippen molar-refractivity contribution < 1.29 is 4.79 Å². The van der Waals surface area contributed by atoms with E-state index in [-0.39, 0.29) is 17.9 Å². The maximum atomic E-state index is 12.8. The lowest BCUT2D eigenvalue weighted by molar-refractivity contribution is -0.126. The molecule has 0 unspecified atom stereocenters. The average Bonchev–Trinajstić information content (AvgIpc) is 3.17. The Hall–Kier alpha value is -2.82. The van der Waals surface area contributed by atoms with Crippen molar-refractivity contribution in [2.45, 2.75) is 52.1 Å². The number of amides is 1. The predicted octanol–water partition coefficient (Wildman–Crippen LogP) is 4.93. The van der Waals surface area contributed by atoms with E-state index in [2.05, 4.69) is 59.0 Å². The highest BCUT2D eigenvalue weighted by molar-refractivity contribution is 5.80. The molecule has 1 N–H and O–H groups in total. The zero-order valence-electron chi connectivity index (χ0n) is 18.1. The number of benzene rings is 2. The van der Waals surface area contributed by atoms with Gasteiger partial charge in [-0.05, 0) is 43.9 Å². The summed E-state index contributed by atoms with van der Waals surface area (Å²) in [6.07, 6.45) is 4.03. The number of aromatic nitrogens is 2. The van der Waals surface area contributed by atoms with Gasteiger partial charge in [0, 0.05) is 25.6 Å². The molecular weight excluding hydrogens is 372 g/mol. The molecule has 158 valence electrons. The zero-order valence-corrected chi connectivity index (χ0v) is 18.1. The maximum absolute atomic E-state index is 12.8. The number of aryl methyl sites for hydroxylation is 1. The molecule has 5 nitrogen and oxygen atoms in total. The van der Waals surface area contributed by atoms with E-state index in [9.17, 15) is 4.79 Å². The fourth-order valence-corrected chi connectivity index (χ4v) is 4.34. The standard InChI is InChI=1S/C25H32N4O/c1-3-4-16-29-23-13-9-8-12-22(23)27-25(29)28-17-14-21(15-18-28)24(30)26-19(2)20-10-6-5-7-11-20/h5-13,19,21H,3-4,14-18H2,1-2H3,(H,26,30)/t19-/m1/s1. The fraction of sp³-hybridized carbons (Fsp3) is 0.440. The number of hydrogen-bond donors (Lipinski definition) is 1. The Morgan fingerprint density at radius 3 is 2.53 bits per heavy atom. The van der Waals surface area contributed by atoms with Crippen molar-refractivity contribution >= 4 is 22.9 Å². The minimum atomic E-state index is 0.0370. The Balaban J connectivity index is 1.41. The molecule has 0 aliphatic carbocycles. The molecule has 1 amide bonds. The molecule has 1 fully saturated rings. The summed E-state index contributed by atoms with van der Waals surface area (Å²) >= 11 is 0. The molecule has 1 saturated heterocycles. The van der Waals surface area contributed by atoms with Gasteiger partial charge in [0.05, 0.1) is 17.1 Å². The first-order chi connectivity index (χ1) is 14.7. The highest BCUT2D eigenvalue weighted by Gasteiger charge is 2.28. The molecule has 4 rings (SSSR count). The molecule has 1 aliphatic heterocycles. The summed E-state index contributed by atoms with van der Waals surface area (Å²) in [7, 11) is 0. The van der Waals surface area contributed by atoms with Crippen LogP contribution in [0.1, 0.15) is 51.1 Å². The lowest BCUT2D eigenvalue weighted by Crippen LogP contribution is -2.42. The Morgan fingerprint density at radius 1 is 1.10 bits per heavy atom. The number of nitrogens with one attached hydrogen (secondary N) is 1. The van der Waals surface area contributed by atoms with E-state index in [4.69, 9.17) is 4.98 Å². The van der Waals surface area contributed by atoms with E-state index in [0.29, 0.717) is 0 Å². The van der Waals surface area contributed by atoms with Crippen LogP contribution in [0.25, 0.3) is 11.0 Å². The lowest BCUT2D eigenvalue weighted by Gasteiger charge is -2.33. The van der Waals surface area contributed by atoms with Crippen molar-refractivity contribution in [2.24, 2.45) is 5.92 Å². The van der Waals surface area contributed by atoms with Crippen LogP contribution in [0.5, 0.6) is 0 Å². The van der Waals surface area contributed by atoms with Gasteiger partial charge in [-0.3, -0.25) is 4.79 Å². The van der Waals surface area contributed by atoms with Crippen molar-refractivity contribution in [1.82, 2.24) is 14.9 Å². The molecule has 3 aromatic rings. The number of rotatable bonds is 7. The van der Waals surface area contributed by atoms with Gasteiger partial charge < -0.3 is 14.8 Å². The number of anilines is 1. The summed E-state index contributed by atoms with van der Waals surface area (Å²) in [6.45, 7) is 7.00. The van der Waals surface area contributed by atoms with E-state index < -0.39 is 0 Å². The van der Waals surface area contributed by atoms with E-state index in [1.165, 1.54) is 5.52 Å². The van der Waals surface area contributed by atoms with Gasteiger partial charge in [-0.15, -0.1) is 0 Å². The summed E-state index contributed by atoms with van der Waals surface area (Å²) in [5.41, 5.74) is 3.41. The number of piperidine rings is 1. The van der Waals surface area contributed by atoms with Crippen LogP contribution in [0.15, 0.2) is 54.6 Å². The van der Waals surface area contributed by atoms with E-state index in [1.807, 2.05) is 24.3 Å². The van der Waals surface area contributed by atoms with Gasteiger partial charge in [-0.2, -0.15) is 0 Å². The fourth-order valence-electron chi connectivity index (χ4n) is 4.34. The molecule has 5 heteroatoms. The van der Waals surface area contributed by atoms with E-state index >= 15 is 0 Å². The SMILES string of the molecule is CCCCn1c(N2CCC(C(=O)N[C@H](C)c3ccccc3)CC2)nc2ccccc21. The third-order valence-electron chi connectivity index (χ3n) is 6.18. The number of imidazole rings is 1. The van der Waals surface area contributed by atoms with Crippen LogP contribution < -0.4 is 10.2 Å². The Labute approximate surface area is 179 Å². The second-order valence-corrected chi connectivity index (χ2v) is 8.31. The van der Waals surface area contributed by atoms with Crippen LogP contribution in [-0.4, -0.2) is 28.5 Å². The quantitative estimate of drug-likeness (QED) is 0.607. The van der Waals surface area contributed by atoms with Crippen LogP contribution in [0.3, 0.4) is 0 Å². The van der Waals surface area contributed by atoms with Gasteiger partial charge in [-0.1, -0.05) is 55.8 Å². The number of nitrogens with zero attached hydrogens (tertiary/aromatic N) is 3. The van der Waals surface area contributed by atoms with Crippen LogP contribution in [0.4, 0.5) is 5.95 Å². The van der Waals surface area contributed by atoms with E-state index in [1.54, 1.807) is 0 Å². The predicted molar refractivity (Wildman–Crippen MR) is 123 cm³/mol. The van der Waals surface area contributed by atoms with Gasteiger partial charge in [-0.25, -0.2) is 4.98 Å². The van der Waals surface area contributed by atoms with Crippen LogP contribution in [0.2, 0.25) is 0 Å². The first-order valence-corrected chi connectivity index (χ1v) is 11.2. The highest BCUT2D eigenvalue weighted by Crippen LogP contribution is 2.28. The molecule has 0 spiro atoms. The van der Waals surface area contributed by atoms with Gasteiger partial charge in [0.2, 0.25) is 11.9 Å². The molecule has 2 aromatic carbocycles. The molecule has 2 heterocycles. The normalized spacial score (nSPS) is 16.0. The number of para-hydroxylation sites is 2. The smallest absolute Gasteiger partial charge is 0.223 e. The molecular formula is C25H32N4O. The van der Waals surface area contributed by atoms with Crippen molar-refractivity contribution in [3.05, 3.63) is 60.2 Å². The molecule has 1 atom stereocenters. The number of unbranched alkanes of at least 4 members (excludes halogenated alkanes) is 1. The summed E-state index contributed by atoms with van der Waals surface area (Å²) in [5, 5.41) is 3.20. The van der Waals surface area contributed by atoms with Crippen LogP contribution >= 0.6 is 0 Å². The monoisotopic (exact) mass is 404 g/mol. The van der Waals surface area contributed by atoms with Crippen molar-refractivity contribution in [3.8, 4) is 0 Å². The number of fused-ring (bicyclic) bond motifs is 1. The lowest BCUT2D eigenvalue weighted by atomic mass is 9.95. The number of carbonyl (C=O) groups excluding carboxylic acids is 1. The van der Waals surface area contributed by atoms with Crippen molar-refractivity contribution in [2.75, 3.05) is 18.0 Å². The second-order valence-electron chi connectivity index (χ2n) is 8.31. The maximum Gasteiger partial charge on any atom is 0.223 e. The minimum Gasteiger partial charge on any atom is -0.349 e. The molecule has 0 bridgehead atoms. The highest BCUT2D eigenvalue weighted by atomic mass is 16.1. The third-order valence-corrected chi connectivity index (χ3v) is 6.18. The van der Waals surface area contributed by atoms with Crippen LogP contribution in [-0.2, 0) is 11.3 Å². The summed E-state index contributed by atoms with van der Waals surface area (Å²) in [5.74, 6) is 1.30. The van der Waals surface area contributed by atoms with E-state index in [0.717, 1.165) is 62.3 Å². The summed E-state index contributed by atoms with van der Waals surface area (Å²) in [6, 6.07) is 18.6. The third kappa shape index (κ3) is 4.35. The Morgan fingerprint density at radius 2 is 1.80 bits per heavy atom. The molecule has 1 aromatic heterocycles. The first kappa shape index (κ1) is 20.5. The molecule has 30 heavy (non-hydrogen) atoms. The van der Waals surface area contributed by atoms with Gasteiger partial charge in [0.1, 0.15) is 0 Å². The Kier molecular flexibility index (Phi) is 6.36. The van der Waals surface area contributed by atoms with Crippen LogP contribution in [0, 0.1) is 5.92 Å². The molecule has 0 radical (unpaired) electrons.